The van der Waals surface area contributed by atoms with Gasteiger partial charge in [0.15, 0.2) is 5.13 Å². The molecule has 0 aliphatic carbocycles. The summed E-state index contributed by atoms with van der Waals surface area (Å²) in [4.78, 5) is 28.1. The summed E-state index contributed by atoms with van der Waals surface area (Å²) in [6, 6.07) is 10.6. The third-order valence-corrected chi connectivity index (χ3v) is 7.53. The summed E-state index contributed by atoms with van der Waals surface area (Å²) in [7, 11) is 2.01. The highest BCUT2D eigenvalue weighted by atomic mass is 32.1. The number of aromatic nitrogens is 3. The van der Waals surface area contributed by atoms with Gasteiger partial charge in [-0.1, -0.05) is 6.92 Å². The number of ether oxygens (including phenoxy) is 1. The first-order valence-corrected chi connectivity index (χ1v) is 13.4. The van der Waals surface area contributed by atoms with Crippen LogP contribution in [0.15, 0.2) is 48.0 Å². The number of rotatable bonds is 8. The second-order valence-corrected chi connectivity index (χ2v) is 9.84. The summed E-state index contributed by atoms with van der Waals surface area (Å²) in [6.07, 6.45) is 2.93. The van der Waals surface area contributed by atoms with Crippen molar-refractivity contribution in [2.75, 3.05) is 56.2 Å². The molecule has 4 aromatic rings. The van der Waals surface area contributed by atoms with E-state index in [1.165, 1.54) is 12.1 Å². The zero-order chi connectivity index (χ0) is 25.9. The van der Waals surface area contributed by atoms with E-state index in [0.29, 0.717) is 13.2 Å². The highest BCUT2D eigenvalue weighted by Gasteiger charge is 2.23. The van der Waals surface area contributed by atoms with Crippen molar-refractivity contribution in [3.63, 3.8) is 0 Å². The van der Waals surface area contributed by atoms with Gasteiger partial charge in [-0.2, -0.15) is 0 Å². The molecule has 8 nitrogen and oxygen atoms in total. The van der Waals surface area contributed by atoms with Gasteiger partial charge >= 0.3 is 5.97 Å². The number of nitrogens with zero attached hydrogens (tertiary/aromatic N) is 6. The summed E-state index contributed by atoms with van der Waals surface area (Å²) in [6.45, 7) is 7.96. The van der Waals surface area contributed by atoms with Crippen LogP contribution in [0.2, 0.25) is 0 Å². The third kappa shape index (κ3) is 5.30. The van der Waals surface area contributed by atoms with Crippen LogP contribution < -0.4 is 9.80 Å². The van der Waals surface area contributed by atoms with Crippen molar-refractivity contribution in [3.05, 3.63) is 59.5 Å². The molecule has 194 valence electrons. The van der Waals surface area contributed by atoms with Gasteiger partial charge in [0.05, 0.1) is 30.2 Å². The number of carbonyl (C=O) groups is 1. The summed E-state index contributed by atoms with van der Waals surface area (Å²) < 4.78 is 20.6. The molecule has 5 rings (SSSR count). The minimum absolute atomic E-state index is 0.166. The predicted octanol–water partition coefficient (Wildman–Crippen LogP) is 4.61. The first kappa shape index (κ1) is 25.2. The normalized spacial score (nSPS) is 14.3. The SMILES string of the molecule is CCOC(=O)CN1CCN(c2ccc3nc(CC)c(N(C)c4nc(-c5ccc(F)cc5)cs4)n3c2)CC1. The Balaban J connectivity index is 1.38. The Hall–Kier alpha value is -3.50. The maximum absolute atomic E-state index is 13.4. The third-order valence-electron chi connectivity index (χ3n) is 6.61. The quantitative estimate of drug-likeness (QED) is 0.313. The average Bonchev–Trinajstić information content (AvgIpc) is 3.54. The van der Waals surface area contributed by atoms with Gasteiger partial charge in [0.1, 0.15) is 17.3 Å². The van der Waals surface area contributed by atoms with E-state index in [9.17, 15) is 9.18 Å². The molecule has 1 aromatic carbocycles. The van der Waals surface area contributed by atoms with Crippen molar-refractivity contribution < 1.29 is 13.9 Å². The maximum atomic E-state index is 13.4. The summed E-state index contributed by atoms with van der Waals surface area (Å²) in [5, 5.41) is 2.84. The molecule has 37 heavy (non-hydrogen) atoms. The Morgan fingerprint density at radius 2 is 1.84 bits per heavy atom. The molecule has 0 N–H and O–H groups in total. The first-order valence-electron chi connectivity index (χ1n) is 12.6. The number of fused-ring (bicyclic) bond motifs is 1. The minimum Gasteiger partial charge on any atom is -0.465 e. The van der Waals surface area contributed by atoms with Gasteiger partial charge in [0, 0.05) is 50.4 Å². The van der Waals surface area contributed by atoms with Crippen LogP contribution in [-0.2, 0) is 16.0 Å². The molecule has 10 heteroatoms. The lowest BCUT2D eigenvalue weighted by molar-refractivity contribution is -0.144. The number of benzene rings is 1. The lowest BCUT2D eigenvalue weighted by atomic mass is 10.2. The van der Waals surface area contributed by atoms with Crippen LogP contribution in [0.3, 0.4) is 0 Å². The Kier molecular flexibility index (Phi) is 7.38. The van der Waals surface area contributed by atoms with Crippen molar-refractivity contribution >= 4 is 39.6 Å². The summed E-state index contributed by atoms with van der Waals surface area (Å²) >= 11 is 1.55. The van der Waals surface area contributed by atoms with Crippen LogP contribution in [0, 0.1) is 5.82 Å². The molecule has 1 saturated heterocycles. The number of thiazole rings is 1. The molecule has 4 heterocycles. The molecule has 0 amide bonds. The molecule has 1 aliphatic rings. The average molecular weight is 523 g/mol. The first-order chi connectivity index (χ1) is 18.0. The summed E-state index contributed by atoms with van der Waals surface area (Å²) in [5.41, 5.74) is 4.70. The highest BCUT2D eigenvalue weighted by molar-refractivity contribution is 7.14. The van der Waals surface area contributed by atoms with E-state index in [0.717, 1.165) is 71.8 Å². The van der Waals surface area contributed by atoms with Crippen molar-refractivity contribution in [1.29, 1.82) is 0 Å². The Bertz CT molecular complexity index is 1380. The van der Waals surface area contributed by atoms with E-state index >= 15 is 0 Å². The number of aryl methyl sites for hydroxylation is 1. The second kappa shape index (κ2) is 10.9. The zero-order valence-corrected chi connectivity index (χ0v) is 22.2. The number of esters is 1. The van der Waals surface area contributed by atoms with Crippen LogP contribution in [0.5, 0.6) is 0 Å². The van der Waals surface area contributed by atoms with E-state index in [2.05, 4.69) is 44.4 Å². The minimum atomic E-state index is -0.258. The zero-order valence-electron chi connectivity index (χ0n) is 21.4. The van der Waals surface area contributed by atoms with Gasteiger partial charge in [-0.25, -0.2) is 14.4 Å². The Morgan fingerprint density at radius 3 is 2.54 bits per heavy atom. The molecule has 0 atom stereocenters. The molecule has 0 saturated carbocycles. The molecule has 0 spiro atoms. The Labute approximate surface area is 219 Å². The molecule has 1 aliphatic heterocycles. The van der Waals surface area contributed by atoms with Gasteiger partial charge in [0.2, 0.25) is 0 Å². The molecule has 0 unspecified atom stereocenters. The number of halogens is 1. The number of imidazole rings is 1. The lowest BCUT2D eigenvalue weighted by Crippen LogP contribution is -2.48. The topological polar surface area (TPSA) is 66.2 Å². The van der Waals surface area contributed by atoms with Gasteiger partial charge in [-0.3, -0.25) is 14.1 Å². The number of hydrogen-bond donors (Lipinski definition) is 0. The standard InChI is InChI=1S/C27H31FN6O2S/c1-4-22-26(31(3)27-30-23(18-37-27)19-6-8-20(28)9-7-19)34-16-21(10-11-24(34)29-22)33-14-12-32(13-15-33)17-25(35)36-5-2/h6-11,16,18H,4-5,12-15,17H2,1-3H3. The monoisotopic (exact) mass is 522 g/mol. The van der Waals surface area contributed by atoms with Crippen molar-refractivity contribution in [2.24, 2.45) is 0 Å². The maximum Gasteiger partial charge on any atom is 0.320 e. The van der Waals surface area contributed by atoms with E-state index in [-0.39, 0.29) is 11.8 Å². The number of piperazine rings is 1. The number of hydrogen-bond acceptors (Lipinski definition) is 8. The predicted molar refractivity (Wildman–Crippen MR) is 145 cm³/mol. The molecule has 3 aromatic heterocycles. The highest BCUT2D eigenvalue weighted by Crippen LogP contribution is 2.34. The van der Waals surface area contributed by atoms with Gasteiger partial charge in [0.25, 0.3) is 0 Å². The second-order valence-electron chi connectivity index (χ2n) is 9.00. The molecule has 0 bridgehead atoms. The lowest BCUT2D eigenvalue weighted by Gasteiger charge is -2.35. The smallest absolute Gasteiger partial charge is 0.320 e. The van der Waals surface area contributed by atoms with Crippen LogP contribution in [-0.4, -0.2) is 71.6 Å². The van der Waals surface area contributed by atoms with Gasteiger partial charge in [-0.15, -0.1) is 11.3 Å². The fraction of sp³-hybridized carbons (Fsp3) is 0.370. The molecular formula is C27H31FN6O2S. The van der Waals surface area contributed by atoms with Gasteiger partial charge in [-0.05, 0) is 49.7 Å². The van der Waals surface area contributed by atoms with Crippen LogP contribution in [0.1, 0.15) is 19.5 Å². The van der Waals surface area contributed by atoms with E-state index in [1.54, 1.807) is 23.5 Å². The van der Waals surface area contributed by atoms with Crippen LogP contribution >= 0.6 is 11.3 Å². The molecular weight excluding hydrogens is 491 g/mol. The summed E-state index contributed by atoms with van der Waals surface area (Å²) in [5.74, 6) is 0.562. The van der Waals surface area contributed by atoms with Crippen LogP contribution in [0.4, 0.5) is 21.0 Å². The number of carbonyl (C=O) groups excluding carboxylic acids is 1. The van der Waals surface area contributed by atoms with E-state index in [4.69, 9.17) is 14.7 Å². The number of pyridine rings is 1. The van der Waals surface area contributed by atoms with Gasteiger partial charge < -0.3 is 14.5 Å². The molecule has 1 fully saturated rings. The molecule has 0 radical (unpaired) electrons. The number of anilines is 3. The van der Waals surface area contributed by atoms with Crippen molar-refractivity contribution in [2.45, 2.75) is 20.3 Å². The van der Waals surface area contributed by atoms with Crippen LogP contribution in [0.25, 0.3) is 16.9 Å². The van der Waals surface area contributed by atoms with E-state index < -0.39 is 0 Å². The van der Waals surface area contributed by atoms with Crippen molar-refractivity contribution in [1.82, 2.24) is 19.3 Å². The van der Waals surface area contributed by atoms with Crippen molar-refractivity contribution in [3.8, 4) is 11.3 Å². The fourth-order valence-electron chi connectivity index (χ4n) is 4.66. The Morgan fingerprint density at radius 1 is 1.08 bits per heavy atom. The largest absolute Gasteiger partial charge is 0.465 e. The van der Waals surface area contributed by atoms with E-state index in [1.807, 2.05) is 19.4 Å². The fourth-order valence-corrected chi connectivity index (χ4v) is 5.47.